The Bertz CT molecular complexity index is 244. The van der Waals surface area contributed by atoms with Crippen LogP contribution >= 0.6 is 0 Å². The highest BCUT2D eigenvalue weighted by Gasteiger charge is 2.37. The predicted octanol–water partition coefficient (Wildman–Crippen LogP) is 4.62. The number of nitrogens with one attached hydrogen (secondary N) is 1. The van der Waals surface area contributed by atoms with Gasteiger partial charge in [0.05, 0.1) is 0 Å². The van der Waals surface area contributed by atoms with Gasteiger partial charge in [0.25, 0.3) is 0 Å². The van der Waals surface area contributed by atoms with E-state index in [1.807, 2.05) is 0 Å². The fraction of sp³-hybridized carbons (Fsp3) is 1.00. The van der Waals surface area contributed by atoms with Gasteiger partial charge in [-0.2, -0.15) is 0 Å². The van der Waals surface area contributed by atoms with E-state index in [0.29, 0.717) is 0 Å². The summed E-state index contributed by atoms with van der Waals surface area (Å²) in [6.07, 6.45) is 10.0. The highest BCUT2D eigenvalue weighted by atomic mass is 15.0. The topological polar surface area (TPSA) is 12.0 Å². The first-order chi connectivity index (χ1) is 8.61. The van der Waals surface area contributed by atoms with E-state index in [9.17, 15) is 0 Å². The molecule has 2 aliphatic rings. The minimum atomic E-state index is 0.813. The fourth-order valence-corrected chi connectivity index (χ4v) is 3.80. The van der Waals surface area contributed by atoms with Crippen LogP contribution in [0.5, 0.6) is 0 Å². The van der Waals surface area contributed by atoms with E-state index in [0.717, 1.165) is 35.8 Å². The maximum atomic E-state index is 4.05. The molecule has 1 nitrogen and oxygen atoms in total. The summed E-state index contributed by atoms with van der Waals surface area (Å²) >= 11 is 0. The molecule has 4 atom stereocenters. The van der Waals surface area contributed by atoms with Gasteiger partial charge in [0, 0.05) is 12.1 Å². The summed E-state index contributed by atoms with van der Waals surface area (Å²) in [4.78, 5) is 0. The lowest BCUT2D eigenvalue weighted by atomic mass is 9.92. The Labute approximate surface area is 114 Å². The van der Waals surface area contributed by atoms with E-state index in [1.54, 1.807) is 0 Å². The lowest BCUT2D eigenvalue weighted by Crippen LogP contribution is -2.42. The largest absolute Gasteiger partial charge is 0.311 e. The molecule has 2 saturated carbocycles. The van der Waals surface area contributed by atoms with Crippen molar-refractivity contribution in [1.82, 2.24) is 5.32 Å². The van der Waals surface area contributed by atoms with Crippen LogP contribution in [0.25, 0.3) is 0 Å². The highest BCUT2D eigenvalue weighted by molar-refractivity contribution is 4.93. The average Bonchev–Trinajstić information content (AvgIpc) is 3.11. The lowest BCUT2D eigenvalue weighted by Gasteiger charge is -2.27. The molecule has 2 aliphatic carbocycles. The standard InChI is InChI=1S/C17H33N/c1-5-14-9-11-16(13(14)4)18-17(15-7-8-15)10-6-12(2)3/h12-18H,5-11H2,1-4H3. The van der Waals surface area contributed by atoms with Gasteiger partial charge in [0.15, 0.2) is 0 Å². The number of hydrogen-bond donors (Lipinski definition) is 1. The monoisotopic (exact) mass is 251 g/mol. The normalized spacial score (nSPS) is 34.2. The third kappa shape index (κ3) is 3.73. The summed E-state index contributed by atoms with van der Waals surface area (Å²) in [5.41, 5.74) is 0. The Morgan fingerprint density at radius 2 is 1.78 bits per heavy atom. The van der Waals surface area contributed by atoms with Crippen LogP contribution in [0.15, 0.2) is 0 Å². The quantitative estimate of drug-likeness (QED) is 0.696. The molecule has 0 bridgehead atoms. The van der Waals surface area contributed by atoms with Crippen molar-refractivity contribution in [1.29, 1.82) is 0 Å². The van der Waals surface area contributed by atoms with Crippen molar-refractivity contribution in [2.75, 3.05) is 0 Å². The van der Waals surface area contributed by atoms with Gasteiger partial charge in [-0.1, -0.05) is 34.1 Å². The molecule has 0 heterocycles. The lowest BCUT2D eigenvalue weighted by molar-refractivity contribution is 0.291. The molecule has 0 radical (unpaired) electrons. The molecule has 106 valence electrons. The summed E-state index contributed by atoms with van der Waals surface area (Å²) < 4.78 is 0. The maximum Gasteiger partial charge on any atom is 0.00981 e. The van der Waals surface area contributed by atoms with Crippen LogP contribution < -0.4 is 5.32 Å². The molecule has 0 aromatic rings. The van der Waals surface area contributed by atoms with E-state index in [2.05, 4.69) is 33.0 Å². The second kappa shape index (κ2) is 6.41. The maximum absolute atomic E-state index is 4.05. The van der Waals surface area contributed by atoms with Gasteiger partial charge < -0.3 is 5.32 Å². The smallest absolute Gasteiger partial charge is 0.00981 e. The number of hydrogen-bond acceptors (Lipinski definition) is 1. The Morgan fingerprint density at radius 1 is 1.06 bits per heavy atom. The average molecular weight is 251 g/mol. The van der Waals surface area contributed by atoms with Crippen LogP contribution in [0.4, 0.5) is 0 Å². The van der Waals surface area contributed by atoms with Crippen LogP contribution in [0.3, 0.4) is 0 Å². The zero-order valence-electron chi connectivity index (χ0n) is 12.9. The number of rotatable bonds is 7. The summed E-state index contributed by atoms with van der Waals surface area (Å²) in [6, 6.07) is 1.64. The zero-order chi connectivity index (χ0) is 13.1. The molecule has 18 heavy (non-hydrogen) atoms. The Kier molecular flexibility index (Phi) is 5.12. The van der Waals surface area contributed by atoms with E-state index in [-0.39, 0.29) is 0 Å². The first-order valence-corrected chi connectivity index (χ1v) is 8.37. The molecule has 4 unspecified atom stereocenters. The van der Waals surface area contributed by atoms with Crippen molar-refractivity contribution in [3.8, 4) is 0 Å². The Balaban J connectivity index is 1.81. The van der Waals surface area contributed by atoms with Crippen LogP contribution in [-0.2, 0) is 0 Å². The molecule has 1 heteroatoms. The molecule has 0 saturated heterocycles. The van der Waals surface area contributed by atoms with Crippen LogP contribution in [0.2, 0.25) is 0 Å². The van der Waals surface area contributed by atoms with Crippen LogP contribution in [-0.4, -0.2) is 12.1 Å². The summed E-state index contributed by atoms with van der Waals surface area (Å²) in [5.74, 6) is 3.75. The van der Waals surface area contributed by atoms with Crippen molar-refractivity contribution in [3.63, 3.8) is 0 Å². The van der Waals surface area contributed by atoms with E-state index >= 15 is 0 Å². The van der Waals surface area contributed by atoms with E-state index < -0.39 is 0 Å². The molecule has 2 fully saturated rings. The van der Waals surface area contributed by atoms with Crippen molar-refractivity contribution < 1.29 is 0 Å². The molecular weight excluding hydrogens is 218 g/mol. The molecule has 0 aliphatic heterocycles. The minimum Gasteiger partial charge on any atom is -0.311 e. The third-order valence-electron chi connectivity index (χ3n) is 5.43. The van der Waals surface area contributed by atoms with Gasteiger partial charge in [0.2, 0.25) is 0 Å². The first kappa shape index (κ1) is 14.4. The molecule has 0 amide bonds. The Hall–Kier alpha value is -0.0400. The second-order valence-electron chi connectivity index (χ2n) is 7.29. The summed E-state index contributed by atoms with van der Waals surface area (Å²) in [6.45, 7) is 9.55. The van der Waals surface area contributed by atoms with Gasteiger partial charge in [-0.05, 0) is 62.2 Å². The minimum absolute atomic E-state index is 0.813. The summed E-state index contributed by atoms with van der Waals surface area (Å²) in [7, 11) is 0. The molecule has 2 rings (SSSR count). The van der Waals surface area contributed by atoms with Gasteiger partial charge >= 0.3 is 0 Å². The molecule has 0 spiro atoms. The van der Waals surface area contributed by atoms with Gasteiger partial charge in [0.1, 0.15) is 0 Å². The Morgan fingerprint density at radius 3 is 2.28 bits per heavy atom. The van der Waals surface area contributed by atoms with Gasteiger partial charge in [-0.3, -0.25) is 0 Å². The fourth-order valence-electron chi connectivity index (χ4n) is 3.80. The molecule has 0 aromatic heterocycles. The first-order valence-electron chi connectivity index (χ1n) is 8.37. The second-order valence-corrected chi connectivity index (χ2v) is 7.29. The molecule has 0 aromatic carbocycles. The molecular formula is C17H33N. The van der Waals surface area contributed by atoms with E-state index in [1.165, 1.54) is 44.9 Å². The zero-order valence-corrected chi connectivity index (χ0v) is 12.9. The van der Waals surface area contributed by atoms with Crippen molar-refractivity contribution in [2.24, 2.45) is 23.7 Å². The van der Waals surface area contributed by atoms with Crippen LogP contribution in [0, 0.1) is 23.7 Å². The summed E-state index contributed by atoms with van der Waals surface area (Å²) in [5, 5.41) is 4.05. The highest BCUT2D eigenvalue weighted by Crippen LogP contribution is 2.39. The predicted molar refractivity (Wildman–Crippen MR) is 79.7 cm³/mol. The van der Waals surface area contributed by atoms with Gasteiger partial charge in [-0.25, -0.2) is 0 Å². The van der Waals surface area contributed by atoms with Gasteiger partial charge in [-0.15, -0.1) is 0 Å². The van der Waals surface area contributed by atoms with Crippen LogP contribution in [0.1, 0.15) is 72.6 Å². The van der Waals surface area contributed by atoms with Crippen molar-refractivity contribution in [2.45, 2.75) is 84.7 Å². The van der Waals surface area contributed by atoms with E-state index in [4.69, 9.17) is 0 Å². The third-order valence-corrected chi connectivity index (χ3v) is 5.43. The van der Waals surface area contributed by atoms with Crippen molar-refractivity contribution >= 4 is 0 Å². The van der Waals surface area contributed by atoms with Crippen molar-refractivity contribution in [3.05, 3.63) is 0 Å². The molecule has 1 N–H and O–H groups in total. The SMILES string of the molecule is CCC1CCC(NC(CCC(C)C)C2CC2)C1C.